The van der Waals surface area contributed by atoms with Crippen molar-refractivity contribution in [3.63, 3.8) is 0 Å². The molecular weight excluding hydrogens is 352 g/mol. The first kappa shape index (κ1) is 26.0. The molecule has 0 aromatic heterocycles. The first-order chi connectivity index (χ1) is 13.6. The third-order valence-electron chi connectivity index (χ3n) is 2.44. The van der Waals surface area contributed by atoms with Crippen LogP contribution in [0.2, 0.25) is 0 Å². The lowest BCUT2D eigenvalue weighted by atomic mass is 10.1. The summed E-state index contributed by atoms with van der Waals surface area (Å²) in [5.74, 6) is 0. The van der Waals surface area contributed by atoms with Crippen molar-refractivity contribution >= 4 is 12.4 Å². The van der Waals surface area contributed by atoms with Crippen LogP contribution < -0.4 is 0 Å². The molecule has 28 heavy (non-hydrogen) atoms. The zero-order chi connectivity index (χ0) is 21.5. The molecule has 0 fully saturated rings. The summed E-state index contributed by atoms with van der Waals surface area (Å²) in [5, 5.41) is 32.1. The highest BCUT2D eigenvalue weighted by atomic mass is 16.2. The highest BCUT2D eigenvalue weighted by molar-refractivity contribution is 5.74. The van der Waals surface area contributed by atoms with Crippen molar-refractivity contribution < 1.29 is 9.90 Å². The number of benzene rings is 2. The van der Waals surface area contributed by atoms with Gasteiger partial charge >= 0.3 is 0 Å². The van der Waals surface area contributed by atoms with E-state index >= 15 is 0 Å². The van der Waals surface area contributed by atoms with Gasteiger partial charge in [0.15, 0.2) is 0 Å². The van der Waals surface area contributed by atoms with Crippen LogP contribution in [0, 0.1) is 40.6 Å². The summed E-state index contributed by atoms with van der Waals surface area (Å²) >= 11 is 0. The number of carbonyl (C=O) groups excluding carboxylic acids is 1. The van der Waals surface area contributed by atoms with E-state index in [-0.39, 0.29) is 18.7 Å². The molecule has 2 aromatic carbocycles. The topological polar surface area (TPSA) is 113 Å². The summed E-state index contributed by atoms with van der Waals surface area (Å²) < 4.78 is 0. The van der Waals surface area contributed by atoms with Crippen molar-refractivity contribution in [2.45, 2.75) is 6.92 Å². The van der Waals surface area contributed by atoms with Gasteiger partial charge in [0, 0.05) is 12.2 Å². The minimum atomic E-state index is -0.0139. The molecule has 0 radical (unpaired) electrons. The first-order valence-electron chi connectivity index (χ1n) is 8.01. The van der Waals surface area contributed by atoms with Gasteiger partial charge in [-0.1, -0.05) is 60.7 Å². The average Bonchev–Trinajstić information content (AvgIpc) is 2.75. The van der Waals surface area contributed by atoms with Gasteiger partial charge in [0.05, 0.1) is 0 Å². The van der Waals surface area contributed by atoms with E-state index < -0.39 is 0 Å². The summed E-state index contributed by atoms with van der Waals surface area (Å²) in [4.78, 5) is 12.7. The van der Waals surface area contributed by atoms with Crippen molar-refractivity contribution in [1.29, 1.82) is 15.8 Å². The van der Waals surface area contributed by atoms with Crippen LogP contribution in [0.1, 0.15) is 22.8 Å². The maximum absolute atomic E-state index is 10.0. The van der Waals surface area contributed by atoms with Gasteiger partial charge in [-0.2, -0.15) is 15.8 Å². The minimum absolute atomic E-state index is 0.0139. The van der Waals surface area contributed by atoms with Crippen molar-refractivity contribution in [2.24, 2.45) is 0 Å². The van der Waals surface area contributed by atoms with Crippen molar-refractivity contribution in [1.82, 2.24) is 0 Å². The van der Waals surface area contributed by atoms with E-state index in [0.29, 0.717) is 0 Å². The third-order valence-corrected chi connectivity index (χ3v) is 2.44. The zero-order valence-electron chi connectivity index (χ0n) is 15.5. The molecule has 0 saturated carbocycles. The van der Waals surface area contributed by atoms with E-state index in [9.17, 15) is 4.79 Å². The van der Waals surface area contributed by atoms with Gasteiger partial charge in [-0.3, -0.25) is 4.79 Å². The molecule has 0 spiro atoms. The zero-order valence-corrected chi connectivity index (χ0v) is 15.5. The molecule has 6 nitrogen and oxygen atoms in total. The van der Waals surface area contributed by atoms with E-state index in [2.05, 4.69) is 4.85 Å². The maximum Gasteiger partial charge on any atom is 0.298 e. The summed E-state index contributed by atoms with van der Waals surface area (Å²) in [6, 6.07) is 23.6. The SMILES string of the molecule is CCO.N#CC(C#N)=Cc1ccccc1.O=Cc1ccccc1.[C-]#[N+]CC#N. The quantitative estimate of drug-likeness (QED) is 0.370. The Balaban J connectivity index is 0. The summed E-state index contributed by atoms with van der Waals surface area (Å²) in [6.45, 7) is 7.92. The smallest absolute Gasteiger partial charge is 0.298 e. The normalized spacial score (nSPS) is 7.21. The number of allylic oxidation sites excluding steroid dienone is 1. The van der Waals surface area contributed by atoms with Crippen molar-refractivity contribution in [2.75, 3.05) is 13.2 Å². The Kier molecular flexibility index (Phi) is 19.3. The highest BCUT2D eigenvalue weighted by Gasteiger charge is 1.91. The van der Waals surface area contributed by atoms with Crippen LogP contribution in [0.15, 0.2) is 66.2 Å². The Morgan fingerprint density at radius 3 is 1.68 bits per heavy atom. The van der Waals surface area contributed by atoms with Gasteiger partial charge in [0.25, 0.3) is 6.54 Å². The van der Waals surface area contributed by atoms with E-state index in [4.69, 9.17) is 27.5 Å². The fraction of sp³-hybridized carbons (Fsp3) is 0.136. The molecule has 0 unspecified atom stereocenters. The van der Waals surface area contributed by atoms with E-state index in [1.807, 2.05) is 48.5 Å². The number of rotatable bonds is 2. The Bertz CT molecular complexity index is 822. The maximum atomic E-state index is 10.0. The summed E-state index contributed by atoms with van der Waals surface area (Å²) in [5.41, 5.74) is 1.73. The second-order valence-corrected chi connectivity index (χ2v) is 4.51. The number of aldehydes is 1. The number of hydrogen-bond donors (Lipinski definition) is 1. The van der Waals surface area contributed by atoms with Crippen LogP contribution in [0.5, 0.6) is 0 Å². The largest absolute Gasteiger partial charge is 0.397 e. The fourth-order valence-corrected chi connectivity index (χ4v) is 1.37. The third kappa shape index (κ3) is 16.6. The highest BCUT2D eigenvalue weighted by Crippen LogP contribution is 2.04. The lowest BCUT2D eigenvalue weighted by molar-refractivity contribution is 0.112. The number of nitrogens with zero attached hydrogens (tertiary/aromatic N) is 4. The fourth-order valence-electron chi connectivity index (χ4n) is 1.37. The summed E-state index contributed by atoms with van der Waals surface area (Å²) in [6.07, 6.45) is 2.39. The first-order valence-corrected chi connectivity index (χ1v) is 8.01. The van der Waals surface area contributed by atoms with Crippen molar-refractivity contribution in [3.8, 4) is 18.2 Å². The Morgan fingerprint density at radius 1 is 1.00 bits per heavy atom. The number of aliphatic hydroxyl groups is 1. The molecule has 0 saturated heterocycles. The lowest BCUT2D eigenvalue weighted by Gasteiger charge is -1.88. The van der Waals surface area contributed by atoms with E-state index in [0.717, 1.165) is 17.4 Å². The van der Waals surface area contributed by atoms with Crippen LogP contribution in [-0.2, 0) is 0 Å². The number of hydrogen-bond acceptors (Lipinski definition) is 5. The summed E-state index contributed by atoms with van der Waals surface area (Å²) in [7, 11) is 0. The standard InChI is InChI=1S/C10H6N2.C7H6O.C3H2N2.C2H6O/c11-7-10(8-12)6-9-4-2-1-3-5-9;8-6-7-4-2-1-3-5-7;1-5-3-2-4;1-2-3/h1-6H;1-6H;3H2;3H,2H2,1H3. The van der Waals surface area contributed by atoms with Crippen LogP contribution in [0.25, 0.3) is 10.9 Å². The van der Waals surface area contributed by atoms with Gasteiger partial charge in [0.2, 0.25) is 0 Å². The van der Waals surface area contributed by atoms with Crippen molar-refractivity contribution in [3.05, 3.63) is 88.8 Å². The molecular formula is C22H20N4O2. The Morgan fingerprint density at radius 2 is 1.43 bits per heavy atom. The molecule has 0 aliphatic heterocycles. The molecule has 0 aliphatic rings. The Labute approximate surface area is 165 Å². The predicted octanol–water partition coefficient (Wildman–Crippen LogP) is 4.04. The number of aliphatic hydroxyl groups excluding tert-OH is 1. The average molecular weight is 372 g/mol. The monoisotopic (exact) mass is 372 g/mol. The molecule has 0 bridgehead atoms. The van der Waals surface area contributed by atoms with E-state index in [1.165, 1.54) is 0 Å². The van der Waals surface area contributed by atoms with Crippen LogP contribution in [-0.4, -0.2) is 24.5 Å². The number of carbonyl (C=O) groups is 1. The molecule has 0 atom stereocenters. The molecule has 2 rings (SSSR count). The Hall–Kier alpha value is -4.23. The molecule has 1 N–H and O–H groups in total. The van der Waals surface area contributed by atoms with Gasteiger partial charge in [0.1, 0.15) is 30.1 Å². The second kappa shape index (κ2) is 20.8. The molecule has 0 heterocycles. The van der Waals surface area contributed by atoms with Gasteiger partial charge in [-0.25, -0.2) is 6.57 Å². The van der Waals surface area contributed by atoms with Gasteiger partial charge in [-0.05, 0) is 18.6 Å². The number of nitriles is 3. The van der Waals surface area contributed by atoms with Crippen LogP contribution in [0.3, 0.4) is 0 Å². The molecule has 6 heteroatoms. The molecule has 2 aromatic rings. The minimum Gasteiger partial charge on any atom is -0.397 e. The predicted molar refractivity (Wildman–Crippen MR) is 107 cm³/mol. The lowest BCUT2D eigenvalue weighted by Crippen LogP contribution is -1.73. The molecule has 140 valence electrons. The van der Waals surface area contributed by atoms with E-state index in [1.54, 1.807) is 43.3 Å². The van der Waals surface area contributed by atoms with Crippen LogP contribution in [0.4, 0.5) is 0 Å². The van der Waals surface area contributed by atoms with Crippen LogP contribution >= 0.6 is 0 Å². The molecule has 0 aliphatic carbocycles. The molecule has 0 amide bonds. The second-order valence-electron chi connectivity index (χ2n) is 4.51. The van der Waals surface area contributed by atoms with Gasteiger partial charge in [-0.15, -0.1) is 0 Å². The van der Waals surface area contributed by atoms with Gasteiger partial charge < -0.3 is 9.95 Å².